The summed E-state index contributed by atoms with van der Waals surface area (Å²) < 4.78 is 38.4. The van der Waals surface area contributed by atoms with Gasteiger partial charge >= 0.3 is 29.8 Å². The molecule has 0 bridgehead atoms. The summed E-state index contributed by atoms with van der Waals surface area (Å²) in [6.45, 7) is 4.20. The molecule has 2 aromatic rings. The summed E-state index contributed by atoms with van der Waals surface area (Å²) in [6.07, 6.45) is -6.65. The molecule has 1 aliphatic rings. The van der Waals surface area contributed by atoms with Gasteiger partial charge in [-0.15, -0.1) is 0 Å². The molecule has 3 rings (SSSR count). The molecule has 0 aromatic heterocycles. The van der Waals surface area contributed by atoms with Crippen LogP contribution < -0.4 is 4.74 Å². The highest BCUT2D eigenvalue weighted by Gasteiger charge is 2.53. The first-order chi connectivity index (χ1) is 19.0. The van der Waals surface area contributed by atoms with Crippen molar-refractivity contribution in [2.45, 2.75) is 58.4 Å². The Hall–Kier alpha value is -4.45. The lowest BCUT2D eigenvalue weighted by Gasteiger charge is -2.44. The Labute approximate surface area is 230 Å². The highest BCUT2D eigenvalue weighted by atomic mass is 16.7. The third-order valence-electron chi connectivity index (χ3n) is 5.67. The Morgan fingerprint density at radius 2 is 1.38 bits per heavy atom. The van der Waals surface area contributed by atoms with Crippen molar-refractivity contribution in [3.05, 3.63) is 54.1 Å². The molecule has 1 heterocycles. The second-order valence-electron chi connectivity index (χ2n) is 8.75. The summed E-state index contributed by atoms with van der Waals surface area (Å²) >= 11 is 0. The van der Waals surface area contributed by atoms with E-state index in [1.54, 1.807) is 48.5 Å². The van der Waals surface area contributed by atoms with Crippen LogP contribution in [0.4, 0.5) is 0 Å². The highest BCUT2D eigenvalue weighted by Crippen LogP contribution is 2.35. The van der Waals surface area contributed by atoms with Crippen molar-refractivity contribution >= 4 is 29.8 Å². The smallest absolute Gasteiger partial charge is 0.337 e. The second kappa shape index (κ2) is 13.6. The number of rotatable bonds is 9. The van der Waals surface area contributed by atoms with Crippen LogP contribution in [0.15, 0.2) is 48.5 Å². The van der Waals surface area contributed by atoms with Gasteiger partial charge in [-0.1, -0.05) is 30.3 Å². The van der Waals surface area contributed by atoms with Crippen molar-refractivity contribution in [2.24, 2.45) is 0 Å². The minimum Gasteiger partial charge on any atom is -0.465 e. The standard InChI is InChI=1S/C28H30O12/c1-15(29)35-14-23-24(36-16(2)30)25(37-17(3)31)26(38-18(4)32)28(40-23)39-22-12-7-6-11-21(22)19-9-8-10-20(13-19)27(33)34-5/h6-13,23-26,28H,14H2,1-5H3/t23-,24-,25+,26+,28+/m1/s1. The molecular formula is C28H30O12. The van der Waals surface area contributed by atoms with Gasteiger partial charge in [-0.3, -0.25) is 19.2 Å². The van der Waals surface area contributed by atoms with Gasteiger partial charge in [0.05, 0.1) is 12.7 Å². The molecule has 5 atom stereocenters. The predicted molar refractivity (Wildman–Crippen MR) is 136 cm³/mol. The Morgan fingerprint density at radius 3 is 2.00 bits per heavy atom. The van der Waals surface area contributed by atoms with Crippen molar-refractivity contribution in [2.75, 3.05) is 13.7 Å². The molecule has 1 aliphatic heterocycles. The van der Waals surface area contributed by atoms with E-state index in [4.69, 9.17) is 33.2 Å². The number of hydrogen-bond donors (Lipinski definition) is 0. The zero-order valence-electron chi connectivity index (χ0n) is 22.6. The van der Waals surface area contributed by atoms with E-state index in [0.29, 0.717) is 16.7 Å². The summed E-state index contributed by atoms with van der Waals surface area (Å²) in [4.78, 5) is 59.7. The molecule has 0 saturated carbocycles. The minimum absolute atomic E-state index is 0.255. The monoisotopic (exact) mass is 558 g/mol. The Kier molecular flexibility index (Phi) is 10.2. The molecule has 12 heteroatoms. The van der Waals surface area contributed by atoms with E-state index in [1.807, 2.05) is 0 Å². The third kappa shape index (κ3) is 7.79. The quantitative estimate of drug-likeness (QED) is 0.329. The van der Waals surface area contributed by atoms with Crippen LogP contribution in [0.25, 0.3) is 11.1 Å². The van der Waals surface area contributed by atoms with Gasteiger partial charge in [0, 0.05) is 33.3 Å². The minimum atomic E-state index is -1.41. The molecule has 0 radical (unpaired) electrons. The van der Waals surface area contributed by atoms with E-state index >= 15 is 0 Å². The fraction of sp³-hybridized carbons (Fsp3) is 0.393. The summed E-state index contributed by atoms with van der Waals surface area (Å²) in [5.41, 5.74) is 1.45. The molecule has 214 valence electrons. The number of carbonyl (C=O) groups is 5. The largest absolute Gasteiger partial charge is 0.465 e. The predicted octanol–water partition coefficient (Wildman–Crippen LogP) is 2.60. The summed E-state index contributed by atoms with van der Waals surface area (Å²) in [6, 6.07) is 13.4. The molecule has 0 amide bonds. The molecule has 2 aromatic carbocycles. The van der Waals surface area contributed by atoms with Gasteiger partial charge in [0.15, 0.2) is 12.2 Å². The van der Waals surface area contributed by atoms with Crippen LogP contribution in [-0.4, -0.2) is 74.3 Å². The number of hydrogen-bond acceptors (Lipinski definition) is 12. The molecule has 0 spiro atoms. The summed E-state index contributed by atoms with van der Waals surface area (Å²) in [7, 11) is 1.27. The Morgan fingerprint density at radius 1 is 0.750 bits per heavy atom. The van der Waals surface area contributed by atoms with E-state index < -0.39 is 60.6 Å². The number of para-hydroxylation sites is 1. The topological polar surface area (TPSA) is 150 Å². The van der Waals surface area contributed by atoms with Gasteiger partial charge in [0.2, 0.25) is 12.4 Å². The van der Waals surface area contributed by atoms with Crippen LogP contribution in [0.2, 0.25) is 0 Å². The first-order valence-corrected chi connectivity index (χ1v) is 12.2. The van der Waals surface area contributed by atoms with Crippen LogP contribution in [-0.2, 0) is 47.6 Å². The lowest BCUT2D eigenvalue weighted by Crippen LogP contribution is -2.63. The molecule has 1 fully saturated rings. The first-order valence-electron chi connectivity index (χ1n) is 12.2. The van der Waals surface area contributed by atoms with Crippen LogP contribution in [0.5, 0.6) is 5.75 Å². The van der Waals surface area contributed by atoms with E-state index in [2.05, 4.69) is 0 Å². The van der Waals surface area contributed by atoms with Crippen LogP contribution in [0.3, 0.4) is 0 Å². The SMILES string of the molecule is COC(=O)c1cccc(-c2ccccc2O[C@H]2O[C@H](COC(C)=O)[C@@H](OC(C)=O)[C@H](OC(C)=O)[C@@H]2OC(C)=O)c1. The fourth-order valence-electron chi connectivity index (χ4n) is 4.15. The van der Waals surface area contributed by atoms with Crippen molar-refractivity contribution in [3.63, 3.8) is 0 Å². The average Bonchev–Trinajstić information content (AvgIpc) is 2.90. The van der Waals surface area contributed by atoms with Gasteiger partial charge in [-0.05, 0) is 23.8 Å². The molecule has 12 nitrogen and oxygen atoms in total. The normalized spacial score (nSPS) is 21.9. The second-order valence-corrected chi connectivity index (χ2v) is 8.75. The van der Waals surface area contributed by atoms with Gasteiger partial charge in [0.25, 0.3) is 0 Å². The van der Waals surface area contributed by atoms with Gasteiger partial charge < -0.3 is 33.2 Å². The van der Waals surface area contributed by atoms with Crippen molar-refractivity contribution in [1.29, 1.82) is 0 Å². The maximum Gasteiger partial charge on any atom is 0.337 e. The zero-order chi connectivity index (χ0) is 29.4. The Bertz CT molecular complexity index is 1260. The molecule has 0 aliphatic carbocycles. The van der Waals surface area contributed by atoms with Crippen molar-refractivity contribution in [3.8, 4) is 16.9 Å². The summed E-state index contributed by atoms with van der Waals surface area (Å²) in [5, 5.41) is 0. The lowest BCUT2D eigenvalue weighted by atomic mass is 9.97. The zero-order valence-corrected chi connectivity index (χ0v) is 22.6. The van der Waals surface area contributed by atoms with Gasteiger partial charge in [0.1, 0.15) is 18.5 Å². The first kappa shape index (κ1) is 30.1. The van der Waals surface area contributed by atoms with Crippen molar-refractivity contribution in [1.82, 2.24) is 0 Å². The lowest BCUT2D eigenvalue weighted by molar-refractivity contribution is -0.288. The fourth-order valence-corrected chi connectivity index (χ4v) is 4.15. The summed E-state index contributed by atoms with van der Waals surface area (Å²) in [5.74, 6) is -3.16. The van der Waals surface area contributed by atoms with E-state index in [-0.39, 0.29) is 12.4 Å². The van der Waals surface area contributed by atoms with Crippen LogP contribution in [0, 0.1) is 0 Å². The van der Waals surface area contributed by atoms with E-state index in [1.165, 1.54) is 14.0 Å². The maximum absolute atomic E-state index is 12.1. The third-order valence-corrected chi connectivity index (χ3v) is 5.67. The molecule has 1 saturated heterocycles. The molecule has 0 N–H and O–H groups in total. The number of methoxy groups -OCH3 is 1. The molecule has 0 unspecified atom stereocenters. The van der Waals surface area contributed by atoms with E-state index in [0.717, 1.165) is 20.8 Å². The number of carbonyl (C=O) groups excluding carboxylic acids is 5. The Balaban J connectivity index is 2.06. The average molecular weight is 559 g/mol. The van der Waals surface area contributed by atoms with Crippen LogP contribution >= 0.6 is 0 Å². The highest BCUT2D eigenvalue weighted by molar-refractivity contribution is 5.91. The van der Waals surface area contributed by atoms with Gasteiger partial charge in [-0.2, -0.15) is 0 Å². The van der Waals surface area contributed by atoms with Crippen molar-refractivity contribution < 1.29 is 57.1 Å². The maximum atomic E-state index is 12.1. The van der Waals surface area contributed by atoms with Gasteiger partial charge in [-0.25, -0.2) is 4.79 Å². The molecular weight excluding hydrogens is 528 g/mol. The van der Waals surface area contributed by atoms with E-state index in [9.17, 15) is 24.0 Å². The number of benzene rings is 2. The van der Waals surface area contributed by atoms with Crippen LogP contribution in [0.1, 0.15) is 38.1 Å². The molecule has 40 heavy (non-hydrogen) atoms. The number of esters is 5. The number of ether oxygens (including phenoxy) is 7.